The molecule has 2 rings (SSSR count). The van der Waals surface area contributed by atoms with Crippen LogP contribution in [0.2, 0.25) is 0 Å². The molecule has 0 atom stereocenters. The molecule has 0 saturated carbocycles. The summed E-state index contributed by atoms with van der Waals surface area (Å²) in [5, 5.41) is 16.3. The lowest BCUT2D eigenvalue weighted by Gasteiger charge is -2.05. The van der Waals surface area contributed by atoms with E-state index >= 15 is 0 Å². The summed E-state index contributed by atoms with van der Waals surface area (Å²) < 4.78 is 15.7. The lowest BCUT2D eigenvalue weighted by Crippen LogP contribution is -1.97. The van der Waals surface area contributed by atoms with Crippen LogP contribution in [-0.2, 0) is 11.2 Å². The molecule has 0 aliphatic heterocycles. The van der Waals surface area contributed by atoms with Gasteiger partial charge in [0.15, 0.2) is 0 Å². The molecule has 0 fully saturated rings. The molecule has 106 valence electrons. The predicted octanol–water partition coefficient (Wildman–Crippen LogP) is 1.77. The number of ether oxygens (including phenoxy) is 2. The summed E-state index contributed by atoms with van der Waals surface area (Å²) in [5.74, 6) is 0.869. The third-order valence-corrected chi connectivity index (χ3v) is 2.62. The van der Waals surface area contributed by atoms with Crippen molar-refractivity contribution in [3.63, 3.8) is 0 Å². The van der Waals surface area contributed by atoms with E-state index in [0.29, 0.717) is 23.0 Å². The van der Waals surface area contributed by atoms with Crippen LogP contribution >= 0.6 is 0 Å². The molecule has 0 spiro atoms. The number of carbonyl (C=O) groups is 1. The van der Waals surface area contributed by atoms with Gasteiger partial charge in [-0.2, -0.15) is 0 Å². The second kappa shape index (κ2) is 6.05. The van der Waals surface area contributed by atoms with Crippen molar-refractivity contribution in [1.82, 2.24) is 10.2 Å². The molecule has 1 N–H and O–H groups in total. The largest absolute Gasteiger partial charge is 0.497 e. The highest BCUT2D eigenvalue weighted by Gasteiger charge is 2.12. The molecule has 1 heterocycles. The van der Waals surface area contributed by atoms with Crippen molar-refractivity contribution < 1.29 is 23.8 Å². The van der Waals surface area contributed by atoms with E-state index in [2.05, 4.69) is 10.2 Å². The second-order valence-electron chi connectivity index (χ2n) is 4.00. The maximum absolute atomic E-state index is 10.5. The van der Waals surface area contributed by atoms with Gasteiger partial charge in [0, 0.05) is 18.1 Å². The van der Waals surface area contributed by atoms with Gasteiger partial charge in [-0.1, -0.05) is 0 Å². The van der Waals surface area contributed by atoms with Crippen molar-refractivity contribution >= 4 is 5.97 Å². The summed E-state index contributed by atoms with van der Waals surface area (Å²) in [6, 6.07) is 5.19. The third kappa shape index (κ3) is 3.25. The summed E-state index contributed by atoms with van der Waals surface area (Å²) in [6.07, 6.45) is 0.145. The second-order valence-corrected chi connectivity index (χ2v) is 4.00. The van der Waals surface area contributed by atoms with Crippen LogP contribution in [0.1, 0.15) is 12.3 Å². The first-order valence-electron chi connectivity index (χ1n) is 5.90. The normalized spacial score (nSPS) is 10.3. The van der Waals surface area contributed by atoms with Gasteiger partial charge in [-0.3, -0.25) is 4.79 Å². The average Bonchev–Trinajstić information content (AvgIpc) is 2.93. The summed E-state index contributed by atoms with van der Waals surface area (Å²) in [7, 11) is 3.09. The van der Waals surface area contributed by atoms with Crippen molar-refractivity contribution in [2.75, 3.05) is 14.2 Å². The maximum atomic E-state index is 10.5. The smallest absolute Gasteiger partial charge is 0.303 e. The summed E-state index contributed by atoms with van der Waals surface area (Å²) in [6.45, 7) is 0. The Balaban J connectivity index is 2.24. The van der Waals surface area contributed by atoms with E-state index in [-0.39, 0.29) is 18.7 Å². The minimum Gasteiger partial charge on any atom is -0.497 e. The van der Waals surface area contributed by atoms with Crippen LogP contribution in [0.15, 0.2) is 22.6 Å². The molecule has 0 bridgehead atoms. The molecule has 1 aromatic heterocycles. The van der Waals surface area contributed by atoms with E-state index in [1.807, 2.05) is 0 Å². The Morgan fingerprint density at radius 3 is 2.40 bits per heavy atom. The van der Waals surface area contributed by atoms with E-state index in [9.17, 15) is 4.79 Å². The van der Waals surface area contributed by atoms with Gasteiger partial charge in [-0.25, -0.2) is 0 Å². The molecule has 7 heteroatoms. The van der Waals surface area contributed by atoms with Gasteiger partial charge in [-0.05, 0) is 12.1 Å². The zero-order chi connectivity index (χ0) is 14.5. The fourth-order valence-corrected chi connectivity index (χ4v) is 1.62. The fourth-order valence-electron chi connectivity index (χ4n) is 1.62. The third-order valence-electron chi connectivity index (χ3n) is 2.62. The van der Waals surface area contributed by atoms with Crippen LogP contribution < -0.4 is 9.47 Å². The van der Waals surface area contributed by atoms with Crippen molar-refractivity contribution in [3.8, 4) is 23.0 Å². The van der Waals surface area contributed by atoms with Crippen molar-refractivity contribution in [3.05, 3.63) is 24.1 Å². The number of aliphatic carboxylic acids is 1. The van der Waals surface area contributed by atoms with Crippen LogP contribution in [0.3, 0.4) is 0 Å². The first kappa shape index (κ1) is 13.9. The molecule has 0 amide bonds. The Labute approximate surface area is 115 Å². The van der Waals surface area contributed by atoms with Crippen LogP contribution in [-0.4, -0.2) is 35.5 Å². The number of hydrogen-bond donors (Lipinski definition) is 1. The number of nitrogens with zero attached hydrogens (tertiary/aromatic N) is 2. The Morgan fingerprint density at radius 2 is 1.85 bits per heavy atom. The summed E-state index contributed by atoms with van der Waals surface area (Å²) in [4.78, 5) is 10.5. The molecule has 0 saturated heterocycles. The predicted molar refractivity (Wildman–Crippen MR) is 68.8 cm³/mol. The number of methoxy groups -OCH3 is 2. The quantitative estimate of drug-likeness (QED) is 0.860. The molecular formula is C13H14N2O5. The van der Waals surface area contributed by atoms with Crippen molar-refractivity contribution in [2.45, 2.75) is 12.8 Å². The molecule has 7 nitrogen and oxygen atoms in total. The summed E-state index contributed by atoms with van der Waals surface area (Å²) in [5.41, 5.74) is 0.648. The molecule has 0 aliphatic carbocycles. The highest BCUT2D eigenvalue weighted by Crippen LogP contribution is 2.29. The van der Waals surface area contributed by atoms with Gasteiger partial charge in [0.05, 0.1) is 20.6 Å². The molecule has 0 aliphatic rings. The van der Waals surface area contributed by atoms with Gasteiger partial charge in [-0.15, -0.1) is 10.2 Å². The monoisotopic (exact) mass is 278 g/mol. The minimum absolute atomic E-state index is 0.0525. The lowest BCUT2D eigenvalue weighted by molar-refractivity contribution is -0.137. The number of aromatic nitrogens is 2. The fraction of sp³-hybridized carbons (Fsp3) is 0.308. The van der Waals surface area contributed by atoms with E-state index in [4.69, 9.17) is 19.0 Å². The first-order valence-corrected chi connectivity index (χ1v) is 5.90. The Hall–Kier alpha value is -2.57. The number of hydrogen-bond acceptors (Lipinski definition) is 6. The average molecular weight is 278 g/mol. The van der Waals surface area contributed by atoms with Crippen molar-refractivity contribution in [2.24, 2.45) is 0 Å². The lowest BCUT2D eigenvalue weighted by atomic mass is 10.2. The molecule has 2 aromatic rings. The highest BCUT2D eigenvalue weighted by atomic mass is 16.5. The Kier molecular flexibility index (Phi) is 4.19. The van der Waals surface area contributed by atoms with Gasteiger partial charge in [0.2, 0.25) is 11.8 Å². The molecule has 0 radical (unpaired) electrons. The van der Waals surface area contributed by atoms with Crippen LogP contribution in [0, 0.1) is 0 Å². The highest BCUT2D eigenvalue weighted by molar-refractivity contribution is 5.66. The zero-order valence-electron chi connectivity index (χ0n) is 11.1. The summed E-state index contributed by atoms with van der Waals surface area (Å²) >= 11 is 0. The number of carboxylic acid groups (broad SMARTS) is 1. The number of carboxylic acids is 1. The van der Waals surface area contributed by atoms with Gasteiger partial charge < -0.3 is 19.0 Å². The molecular weight excluding hydrogens is 264 g/mol. The van der Waals surface area contributed by atoms with Gasteiger partial charge >= 0.3 is 5.97 Å². The van der Waals surface area contributed by atoms with Gasteiger partial charge in [0.1, 0.15) is 11.5 Å². The van der Waals surface area contributed by atoms with E-state index in [0.717, 1.165) is 0 Å². The minimum atomic E-state index is -0.909. The SMILES string of the molecule is COc1cc(OC)cc(-c2nnc(CCC(=O)O)o2)c1. The standard InChI is InChI=1S/C13H14N2O5/c1-18-9-5-8(6-10(7-9)19-2)13-15-14-11(20-13)3-4-12(16)17/h5-7H,3-4H2,1-2H3,(H,16,17). The number of benzene rings is 1. The Bertz CT molecular complexity index is 586. The Morgan fingerprint density at radius 1 is 1.20 bits per heavy atom. The number of aryl methyl sites for hydroxylation is 1. The van der Waals surface area contributed by atoms with Crippen LogP contribution in [0.25, 0.3) is 11.5 Å². The molecule has 0 unspecified atom stereocenters. The molecule has 1 aromatic carbocycles. The van der Waals surface area contributed by atoms with Crippen LogP contribution in [0.4, 0.5) is 0 Å². The first-order chi connectivity index (χ1) is 9.62. The van der Waals surface area contributed by atoms with E-state index < -0.39 is 5.97 Å². The molecule has 20 heavy (non-hydrogen) atoms. The number of rotatable bonds is 6. The van der Waals surface area contributed by atoms with Crippen molar-refractivity contribution in [1.29, 1.82) is 0 Å². The van der Waals surface area contributed by atoms with Gasteiger partial charge in [0.25, 0.3) is 0 Å². The van der Waals surface area contributed by atoms with E-state index in [1.165, 1.54) is 0 Å². The topological polar surface area (TPSA) is 94.7 Å². The maximum Gasteiger partial charge on any atom is 0.303 e. The van der Waals surface area contributed by atoms with Crippen LogP contribution in [0.5, 0.6) is 11.5 Å². The zero-order valence-corrected chi connectivity index (χ0v) is 11.1. The van der Waals surface area contributed by atoms with E-state index in [1.54, 1.807) is 32.4 Å².